The molecule has 1 aromatic rings. The van der Waals surface area contributed by atoms with Crippen molar-refractivity contribution in [2.75, 3.05) is 19.4 Å². The Morgan fingerprint density at radius 2 is 1.95 bits per heavy atom. The molecule has 0 radical (unpaired) electrons. The molecule has 0 atom stereocenters. The first kappa shape index (κ1) is 17.3. The Kier molecular flexibility index (Phi) is 5.24. The fourth-order valence-electron chi connectivity index (χ4n) is 1.61. The molecule has 0 saturated carbocycles. The number of halogens is 2. The number of nitrogens with zero attached hydrogens (tertiary/aromatic N) is 1. The number of nitrogens with two attached hydrogens (primary N) is 1. The van der Waals surface area contributed by atoms with Crippen LogP contribution in [0.2, 0.25) is 0 Å². The minimum Gasteiger partial charge on any atom is -0.468 e. The average molecular weight is 322 g/mol. The fourth-order valence-corrected chi connectivity index (χ4v) is 3.27. The van der Waals surface area contributed by atoms with Crippen LogP contribution < -0.4 is 5.73 Å². The molecular weight excluding hydrogens is 306 g/mol. The van der Waals surface area contributed by atoms with E-state index >= 15 is 0 Å². The van der Waals surface area contributed by atoms with Crippen molar-refractivity contribution in [3.8, 4) is 0 Å². The molecule has 0 aliphatic rings. The molecule has 118 valence electrons. The zero-order valence-electron chi connectivity index (χ0n) is 11.8. The second-order valence-electron chi connectivity index (χ2n) is 4.49. The number of carbonyl (C=O) groups is 1. The summed E-state index contributed by atoms with van der Waals surface area (Å²) in [5.74, 6) is -3.25. The van der Waals surface area contributed by atoms with Crippen LogP contribution >= 0.6 is 0 Å². The largest absolute Gasteiger partial charge is 0.468 e. The van der Waals surface area contributed by atoms with E-state index in [2.05, 4.69) is 4.74 Å². The number of hydrogen-bond donors (Lipinski definition) is 1. The second kappa shape index (κ2) is 6.35. The zero-order valence-corrected chi connectivity index (χ0v) is 12.6. The lowest BCUT2D eigenvalue weighted by Gasteiger charge is -2.25. The maximum atomic E-state index is 13.9. The number of carbonyl (C=O) groups excluding carboxylic acids is 1. The van der Waals surface area contributed by atoms with Crippen molar-refractivity contribution in [2.45, 2.75) is 24.8 Å². The molecule has 0 amide bonds. The van der Waals surface area contributed by atoms with Crippen molar-refractivity contribution in [2.24, 2.45) is 0 Å². The maximum Gasteiger partial charge on any atom is 0.321 e. The van der Waals surface area contributed by atoms with Crippen LogP contribution in [0.3, 0.4) is 0 Å². The molecule has 21 heavy (non-hydrogen) atoms. The van der Waals surface area contributed by atoms with Crippen LogP contribution in [0.4, 0.5) is 14.5 Å². The summed E-state index contributed by atoms with van der Waals surface area (Å²) in [5, 5.41) is 0. The van der Waals surface area contributed by atoms with Crippen LogP contribution in [0.5, 0.6) is 0 Å². The van der Waals surface area contributed by atoms with Gasteiger partial charge in [-0.1, -0.05) is 0 Å². The van der Waals surface area contributed by atoms with Gasteiger partial charge in [-0.2, -0.15) is 4.31 Å². The van der Waals surface area contributed by atoms with Crippen molar-refractivity contribution in [1.29, 1.82) is 0 Å². The molecule has 1 aromatic carbocycles. The molecule has 0 bridgehead atoms. The molecule has 0 aliphatic heterocycles. The molecule has 9 heteroatoms. The molecule has 0 fully saturated rings. The highest BCUT2D eigenvalue weighted by Crippen LogP contribution is 2.26. The molecule has 0 aliphatic carbocycles. The van der Waals surface area contributed by atoms with E-state index in [4.69, 9.17) is 5.73 Å². The Balaban J connectivity index is 3.37. The predicted octanol–water partition coefficient (Wildman–Crippen LogP) is 1.12. The van der Waals surface area contributed by atoms with Crippen molar-refractivity contribution < 1.29 is 26.7 Å². The average Bonchev–Trinajstić information content (AvgIpc) is 2.40. The standard InChI is InChI=1S/C12H16F2N2O4S/c1-7(2)16(6-10(17)20-3)21(18,19)9-5-4-8(13)12(15)11(9)14/h4-5,7H,6,15H2,1-3H3. The lowest BCUT2D eigenvalue weighted by molar-refractivity contribution is -0.141. The van der Waals surface area contributed by atoms with E-state index in [1.807, 2.05) is 0 Å². The van der Waals surface area contributed by atoms with E-state index in [0.717, 1.165) is 23.5 Å². The lowest BCUT2D eigenvalue weighted by atomic mass is 10.3. The third-order valence-corrected chi connectivity index (χ3v) is 4.81. The number of hydrogen-bond acceptors (Lipinski definition) is 5. The van der Waals surface area contributed by atoms with E-state index in [1.54, 1.807) is 0 Å². The molecule has 0 unspecified atom stereocenters. The number of benzene rings is 1. The summed E-state index contributed by atoms with van der Waals surface area (Å²) in [6.07, 6.45) is 0. The topological polar surface area (TPSA) is 89.7 Å². The van der Waals surface area contributed by atoms with Crippen LogP contribution in [0.1, 0.15) is 13.8 Å². The molecule has 6 nitrogen and oxygen atoms in total. The smallest absolute Gasteiger partial charge is 0.321 e. The van der Waals surface area contributed by atoms with Gasteiger partial charge in [0.1, 0.15) is 22.9 Å². The van der Waals surface area contributed by atoms with Crippen molar-refractivity contribution in [1.82, 2.24) is 4.31 Å². The number of nitrogen functional groups attached to an aromatic ring is 1. The minimum absolute atomic E-state index is 0.590. The molecular formula is C12H16F2N2O4S. The normalized spacial score (nSPS) is 12.0. The lowest BCUT2D eigenvalue weighted by Crippen LogP contribution is -2.41. The van der Waals surface area contributed by atoms with E-state index in [0.29, 0.717) is 0 Å². The molecule has 1 rings (SSSR count). The highest BCUT2D eigenvalue weighted by molar-refractivity contribution is 7.89. The third kappa shape index (κ3) is 3.48. The van der Waals surface area contributed by atoms with Gasteiger partial charge in [-0.25, -0.2) is 17.2 Å². The number of esters is 1. The van der Waals surface area contributed by atoms with Gasteiger partial charge in [0, 0.05) is 6.04 Å². The van der Waals surface area contributed by atoms with Crippen LogP contribution in [-0.4, -0.2) is 38.4 Å². The van der Waals surface area contributed by atoms with Gasteiger partial charge >= 0.3 is 5.97 Å². The Bertz CT molecular complexity index is 647. The minimum atomic E-state index is -4.36. The number of methoxy groups -OCH3 is 1. The van der Waals surface area contributed by atoms with Gasteiger partial charge in [0.2, 0.25) is 10.0 Å². The molecule has 0 spiro atoms. The summed E-state index contributed by atoms with van der Waals surface area (Å²) in [5.41, 5.74) is 4.27. The van der Waals surface area contributed by atoms with Crippen molar-refractivity contribution in [3.05, 3.63) is 23.8 Å². The first-order valence-corrected chi connectivity index (χ1v) is 7.39. The first-order chi connectivity index (χ1) is 9.62. The molecule has 0 saturated heterocycles. The van der Waals surface area contributed by atoms with Crippen LogP contribution in [0.25, 0.3) is 0 Å². The number of ether oxygens (including phenoxy) is 1. The van der Waals surface area contributed by atoms with Gasteiger partial charge in [-0.3, -0.25) is 4.79 Å². The Morgan fingerprint density at radius 3 is 2.43 bits per heavy atom. The fraction of sp³-hybridized carbons (Fsp3) is 0.417. The summed E-state index contributed by atoms with van der Waals surface area (Å²) in [6, 6.07) is 0.880. The van der Waals surface area contributed by atoms with E-state index in [-0.39, 0.29) is 0 Å². The Morgan fingerprint density at radius 1 is 1.38 bits per heavy atom. The summed E-state index contributed by atoms with van der Waals surface area (Å²) in [6.45, 7) is 2.42. The van der Waals surface area contributed by atoms with E-state index in [1.165, 1.54) is 13.8 Å². The summed E-state index contributed by atoms with van der Waals surface area (Å²) in [7, 11) is -3.26. The monoisotopic (exact) mass is 322 g/mol. The third-order valence-electron chi connectivity index (χ3n) is 2.77. The maximum absolute atomic E-state index is 13.9. The van der Waals surface area contributed by atoms with Crippen LogP contribution in [0.15, 0.2) is 17.0 Å². The number of anilines is 1. The van der Waals surface area contributed by atoms with E-state index in [9.17, 15) is 22.0 Å². The van der Waals surface area contributed by atoms with Gasteiger partial charge in [0.05, 0.1) is 7.11 Å². The quantitative estimate of drug-likeness (QED) is 0.648. The molecule has 0 heterocycles. The zero-order chi connectivity index (χ0) is 16.4. The predicted molar refractivity (Wildman–Crippen MR) is 71.8 cm³/mol. The van der Waals surface area contributed by atoms with Gasteiger partial charge < -0.3 is 10.5 Å². The van der Waals surface area contributed by atoms with Gasteiger partial charge in [-0.05, 0) is 26.0 Å². The number of rotatable bonds is 5. The van der Waals surface area contributed by atoms with Gasteiger partial charge in [0.15, 0.2) is 5.82 Å². The van der Waals surface area contributed by atoms with Crippen LogP contribution in [0, 0.1) is 11.6 Å². The number of sulfonamides is 1. The van der Waals surface area contributed by atoms with Crippen LogP contribution in [-0.2, 0) is 19.6 Å². The summed E-state index contributed by atoms with van der Waals surface area (Å²) in [4.78, 5) is 10.5. The Labute approximate surface area is 121 Å². The summed E-state index contributed by atoms with van der Waals surface area (Å²) < 4.78 is 57.0. The molecule has 2 N–H and O–H groups in total. The Hall–Kier alpha value is -1.74. The van der Waals surface area contributed by atoms with Crippen molar-refractivity contribution >= 4 is 21.7 Å². The SMILES string of the molecule is COC(=O)CN(C(C)C)S(=O)(=O)c1ccc(F)c(N)c1F. The van der Waals surface area contributed by atoms with Gasteiger partial charge in [-0.15, -0.1) is 0 Å². The highest BCUT2D eigenvalue weighted by Gasteiger charge is 2.32. The molecule has 0 aromatic heterocycles. The highest BCUT2D eigenvalue weighted by atomic mass is 32.2. The first-order valence-electron chi connectivity index (χ1n) is 5.95. The second-order valence-corrected chi connectivity index (χ2v) is 6.35. The van der Waals surface area contributed by atoms with E-state index < -0.39 is 50.8 Å². The van der Waals surface area contributed by atoms with Crippen molar-refractivity contribution in [3.63, 3.8) is 0 Å². The summed E-state index contributed by atoms with van der Waals surface area (Å²) >= 11 is 0. The van der Waals surface area contributed by atoms with Gasteiger partial charge in [0.25, 0.3) is 0 Å².